The van der Waals surface area contributed by atoms with Gasteiger partial charge in [0, 0.05) is 12.4 Å². The van der Waals surface area contributed by atoms with E-state index in [1.165, 1.54) is 28.5 Å². The Morgan fingerprint density at radius 2 is 1.91 bits per heavy atom. The lowest BCUT2D eigenvalue weighted by atomic mass is 9.95. The standard InChI is InChI=1S/C20H22N2/c1-4-19-15(2)7-5-8-17(19)10-11-18-9-6-14-22-20(18)16(3)12-13-21/h4-9,12-14,21H,1,10-11H2,2-3H3/b16-12+,21-13?. The molecule has 2 rings (SSSR count). The minimum atomic E-state index is 0.927. The number of nitrogens with zero attached hydrogens (tertiary/aromatic N) is 1. The number of hydrogen-bond donors (Lipinski definition) is 1. The van der Waals surface area contributed by atoms with Crippen LogP contribution in [0.4, 0.5) is 0 Å². The summed E-state index contributed by atoms with van der Waals surface area (Å²) in [5, 5.41) is 7.23. The van der Waals surface area contributed by atoms with E-state index in [0.717, 1.165) is 24.1 Å². The summed E-state index contributed by atoms with van der Waals surface area (Å²) in [7, 11) is 0. The molecule has 0 spiro atoms. The topological polar surface area (TPSA) is 36.7 Å². The van der Waals surface area contributed by atoms with Crippen LogP contribution in [0.25, 0.3) is 11.6 Å². The molecule has 0 amide bonds. The van der Waals surface area contributed by atoms with Gasteiger partial charge in [-0.3, -0.25) is 4.98 Å². The van der Waals surface area contributed by atoms with Crippen molar-refractivity contribution in [2.24, 2.45) is 0 Å². The predicted molar refractivity (Wildman–Crippen MR) is 95.3 cm³/mol. The van der Waals surface area contributed by atoms with Gasteiger partial charge in [-0.1, -0.05) is 36.9 Å². The summed E-state index contributed by atoms with van der Waals surface area (Å²) in [6, 6.07) is 10.5. The van der Waals surface area contributed by atoms with E-state index in [9.17, 15) is 0 Å². The molecule has 0 saturated heterocycles. The Hall–Kier alpha value is -2.48. The Morgan fingerprint density at radius 3 is 2.64 bits per heavy atom. The number of nitrogens with one attached hydrogen (secondary N) is 1. The zero-order chi connectivity index (χ0) is 15.9. The fourth-order valence-corrected chi connectivity index (χ4v) is 2.72. The molecule has 1 aromatic carbocycles. The van der Waals surface area contributed by atoms with Crippen LogP contribution in [0.5, 0.6) is 0 Å². The van der Waals surface area contributed by atoms with E-state index in [-0.39, 0.29) is 0 Å². The highest BCUT2D eigenvalue weighted by Crippen LogP contribution is 2.21. The fraction of sp³-hybridized carbons (Fsp3) is 0.200. The monoisotopic (exact) mass is 290 g/mol. The molecule has 1 heterocycles. The number of hydrogen-bond acceptors (Lipinski definition) is 2. The normalized spacial score (nSPS) is 11.3. The molecule has 0 aliphatic carbocycles. The number of benzene rings is 1. The Balaban J connectivity index is 2.26. The van der Waals surface area contributed by atoms with Crippen LogP contribution in [0.2, 0.25) is 0 Å². The summed E-state index contributed by atoms with van der Waals surface area (Å²) in [5.74, 6) is 0. The molecule has 0 bridgehead atoms. The van der Waals surface area contributed by atoms with E-state index in [1.807, 2.05) is 25.3 Å². The third-order valence-electron chi connectivity index (χ3n) is 3.88. The Kier molecular flexibility index (Phi) is 5.42. The molecule has 0 radical (unpaired) electrons. The lowest BCUT2D eigenvalue weighted by Crippen LogP contribution is -2.00. The van der Waals surface area contributed by atoms with Crippen molar-refractivity contribution in [2.45, 2.75) is 26.7 Å². The van der Waals surface area contributed by atoms with Gasteiger partial charge in [0.25, 0.3) is 0 Å². The average molecular weight is 290 g/mol. The van der Waals surface area contributed by atoms with E-state index in [4.69, 9.17) is 5.41 Å². The third kappa shape index (κ3) is 3.59. The minimum Gasteiger partial charge on any atom is -0.309 e. The van der Waals surface area contributed by atoms with Gasteiger partial charge in [-0.2, -0.15) is 0 Å². The van der Waals surface area contributed by atoms with Crippen molar-refractivity contribution in [2.75, 3.05) is 0 Å². The van der Waals surface area contributed by atoms with Gasteiger partial charge in [-0.15, -0.1) is 0 Å². The van der Waals surface area contributed by atoms with Crippen LogP contribution in [0, 0.1) is 12.3 Å². The maximum atomic E-state index is 7.23. The maximum Gasteiger partial charge on any atom is 0.0691 e. The van der Waals surface area contributed by atoms with Gasteiger partial charge in [-0.25, -0.2) is 0 Å². The van der Waals surface area contributed by atoms with Crippen LogP contribution >= 0.6 is 0 Å². The quantitative estimate of drug-likeness (QED) is 0.757. The molecule has 2 aromatic rings. The van der Waals surface area contributed by atoms with Gasteiger partial charge in [0.05, 0.1) is 5.69 Å². The molecule has 2 heteroatoms. The first kappa shape index (κ1) is 15.9. The van der Waals surface area contributed by atoms with Crippen LogP contribution in [-0.2, 0) is 12.8 Å². The van der Waals surface area contributed by atoms with Gasteiger partial charge in [0.2, 0.25) is 0 Å². The molecule has 0 saturated carbocycles. The number of allylic oxidation sites excluding steroid dienone is 2. The van der Waals surface area contributed by atoms with Crippen molar-refractivity contribution >= 4 is 17.9 Å². The molecule has 1 aromatic heterocycles. The van der Waals surface area contributed by atoms with Crippen molar-refractivity contribution in [1.82, 2.24) is 4.98 Å². The average Bonchev–Trinajstić information content (AvgIpc) is 2.53. The van der Waals surface area contributed by atoms with Gasteiger partial charge in [0.1, 0.15) is 0 Å². The third-order valence-corrected chi connectivity index (χ3v) is 3.88. The fourth-order valence-electron chi connectivity index (χ4n) is 2.72. The summed E-state index contributed by atoms with van der Waals surface area (Å²) in [6.45, 7) is 8.05. The summed E-state index contributed by atoms with van der Waals surface area (Å²) >= 11 is 0. The maximum absolute atomic E-state index is 7.23. The van der Waals surface area contributed by atoms with E-state index >= 15 is 0 Å². The first-order chi connectivity index (χ1) is 10.7. The number of rotatable bonds is 6. The lowest BCUT2D eigenvalue weighted by molar-refractivity contribution is 0.938. The van der Waals surface area contributed by atoms with E-state index in [0.29, 0.717) is 0 Å². The molecular formula is C20H22N2. The molecule has 0 aliphatic heterocycles. The summed E-state index contributed by atoms with van der Waals surface area (Å²) in [6.07, 6.45) is 8.73. The molecule has 2 nitrogen and oxygen atoms in total. The van der Waals surface area contributed by atoms with Crippen molar-refractivity contribution in [3.05, 3.63) is 77.1 Å². The Morgan fingerprint density at radius 1 is 1.18 bits per heavy atom. The van der Waals surface area contributed by atoms with Crippen molar-refractivity contribution < 1.29 is 0 Å². The van der Waals surface area contributed by atoms with Crippen LogP contribution in [0.3, 0.4) is 0 Å². The molecule has 22 heavy (non-hydrogen) atoms. The zero-order valence-corrected chi connectivity index (χ0v) is 13.3. The van der Waals surface area contributed by atoms with Crippen molar-refractivity contribution in [3.63, 3.8) is 0 Å². The number of aryl methyl sites for hydroxylation is 3. The summed E-state index contributed by atoms with van der Waals surface area (Å²) < 4.78 is 0. The number of aromatic nitrogens is 1. The number of pyridine rings is 1. The minimum absolute atomic E-state index is 0.927. The van der Waals surface area contributed by atoms with Crippen LogP contribution in [0.1, 0.15) is 34.9 Å². The Labute approximate surface area is 132 Å². The zero-order valence-electron chi connectivity index (χ0n) is 13.3. The first-order valence-corrected chi connectivity index (χ1v) is 7.50. The second kappa shape index (κ2) is 7.51. The van der Waals surface area contributed by atoms with Crippen LogP contribution in [-0.4, -0.2) is 11.2 Å². The largest absolute Gasteiger partial charge is 0.309 e. The van der Waals surface area contributed by atoms with Crippen LogP contribution in [0.15, 0.2) is 49.2 Å². The highest BCUT2D eigenvalue weighted by Gasteiger charge is 2.07. The lowest BCUT2D eigenvalue weighted by Gasteiger charge is -2.11. The van der Waals surface area contributed by atoms with Crippen LogP contribution < -0.4 is 0 Å². The van der Waals surface area contributed by atoms with Gasteiger partial charge in [-0.05, 0) is 66.7 Å². The molecule has 0 atom stereocenters. The molecular weight excluding hydrogens is 268 g/mol. The van der Waals surface area contributed by atoms with E-state index < -0.39 is 0 Å². The van der Waals surface area contributed by atoms with E-state index in [1.54, 1.807) is 6.08 Å². The van der Waals surface area contributed by atoms with E-state index in [2.05, 4.69) is 42.8 Å². The summed E-state index contributed by atoms with van der Waals surface area (Å²) in [5.41, 5.74) is 7.05. The molecule has 112 valence electrons. The molecule has 1 N–H and O–H groups in total. The SMILES string of the molecule is C=Cc1c(C)cccc1CCc1cccnc1/C(C)=C/C=N. The Bertz CT molecular complexity index is 711. The molecule has 0 unspecified atom stereocenters. The molecule has 0 fully saturated rings. The van der Waals surface area contributed by atoms with Gasteiger partial charge < -0.3 is 5.41 Å². The predicted octanol–water partition coefficient (Wildman–Crippen LogP) is 4.87. The highest BCUT2D eigenvalue weighted by atomic mass is 14.7. The highest BCUT2D eigenvalue weighted by molar-refractivity contribution is 5.81. The van der Waals surface area contributed by atoms with Gasteiger partial charge >= 0.3 is 0 Å². The summed E-state index contributed by atoms with van der Waals surface area (Å²) in [4.78, 5) is 4.48. The second-order valence-electron chi connectivity index (χ2n) is 5.38. The van der Waals surface area contributed by atoms with Crippen molar-refractivity contribution in [3.8, 4) is 0 Å². The first-order valence-electron chi connectivity index (χ1n) is 7.50. The van der Waals surface area contributed by atoms with Crippen molar-refractivity contribution in [1.29, 1.82) is 5.41 Å². The second-order valence-corrected chi connectivity index (χ2v) is 5.38. The smallest absolute Gasteiger partial charge is 0.0691 e. The van der Waals surface area contributed by atoms with Gasteiger partial charge in [0.15, 0.2) is 0 Å². The molecule has 0 aliphatic rings.